The van der Waals surface area contributed by atoms with Gasteiger partial charge in [0.1, 0.15) is 5.75 Å². The largest absolute Gasteiger partial charge is 0.496 e. The van der Waals surface area contributed by atoms with Crippen LogP contribution in [0.4, 0.5) is 4.79 Å². The molecule has 4 heterocycles. The third-order valence-corrected chi connectivity index (χ3v) is 5.17. The van der Waals surface area contributed by atoms with E-state index in [0.717, 1.165) is 36.5 Å². The SMILES string of the molecule is COc1ccccc1-c1cnn(C(=O)N[C@H]2CN3CCC2CC3)c1. The standard InChI is InChI=1S/C18H22N4O2/c1-24-17-5-3-2-4-15(17)14-10-19-22(11-14)18(23)20-16-12-21-8-6-13(16)7-9-21/h2-5,10-11,13,16H,6-9,12H2,1H3,(H,20,23)/t16-/m0/s1. The number of fused-ring (bicyclic) bond motifs is 3. The van der Waals surface area contributed by atoms with Crippen molar-refractivity contribution in [3.05, 3.63) is 36.7 Å². The first kappa shape index (κ1) is 15.2. The monoisotopic (exact) mass is 326 g/mol. The van der Waals surface area contributed by atoms with Gasteiger partial charge in [-0.2, -0.15) is 9.78 Å². The fraction of sp³-hybridized carbons (Fsp3) is 0.444. The lowest BCUT2D eigenvalue weighted by molar-refractivity contribution is 0.0765. The van der Waals surface area contributed by atoms with Crippen LogP contribution in [0.25, 0.3) is 11.1 Å². The molecule has 3 fully saturated rings. The molecule has 3 saturated heterocycles. The number of methoxy groups -OCH3 is 1. The molecule has 0 spiro atoms. The highest BCUT2D eigenvalue weighted by Gasteiger charge is 2.35. The maximum absolute atomic E-state index is 12.5. The Labute approximate surface area is 141 Å². The summed E-state index contributed by atoms with van der Waals surface area (Å²) in [5, 5.41) is 7.38. The van der Waals surface area contributed by atoms with Crippen LogP contribution in [0.5, 0.6) is 5.75 Å². The number of amides is 1. The molecule has 1 aromatic heterocycles. The molecule has 24 heavy (non-hydrogen) atoms. The number of nitrogens with one attached hydrogen (secondary N) is 1. The van der Waals surface area contributed by atoms with E-state index in [-0.39, 0.29) is 12.1 Å². The fourth-order valence-corrected chi connectivity index (χ4v) is 3.81. The summed E-state index contributed by atoms with van der Waals surface area (Å²) in [6.45, 7) is 3.28. The van der Waals surface area contributed by atoms with Gasteiger partial charge in [-0.05, 0) is 37.9 Å². The Morgan fingerprint density at radius 3 is 2.79 bits per heavy atom. The number of piperidine rings is 3. The Balaban J connectivity index is 1.49. The molecule has 126 valence electrons. The minimum atomic E-state index is -0.158. The predicted molar refractivity (Wildman–Crippen MR) is 91.1 cm³/mol. The molecule has 2 aromatic rings. The van der Waals surface area contributed by atoms with Crippen LogP contribution in [-0.4, -0.2) is 53.5 Å². The van der Waals surface area contributed by atoms with E-state index in [0.29, 0.717) is 5.92 Å². The first-order valence-electron chi connectivity index (χ1n) is 8.46. The Bertz CT molecular complexity index is 734. The van der Waals surface area contributed by atoms with Gasteiger partial charge in [0, 0.05) is 29.9 Å². The summed E-state index contributed by atoms with van der Waals surface area (Å²) in [5.41, 5.74) is 1.80. The first-order chi connectivity index (χ1) is 11.7. The average Bonchev–Trinajstić information content (AvgIpc) is 3.13. The van der Waals surface area contributed by atoms with Gasteiger partial charge in [0.2, 0.25) is 0 Å². The van der Waals surface area contributed by atoms with Gasteiger partial charge in [0.15, 0.2) is 0 Å². The average molecular weight is 326 g/mol. The van der Waals surface area contributed by atoms with Gasteiger partial charge in [0.25, 0.3) is 0 Å². The highest BCUT2D eigenvalue weighted by molar-refractivity contribution is 5.78. The van der Waals surface area contributed by atoms with Crippen molar-refractivity contribution in [1.29, 1.82) is 0 Å². The number of para-hydroxylation sites is 1. The zero-order valence-corrected chi connectivity index (χ0v) is 13.8. The van der Waals surface area contributed by atoms with E-state index in [4.69, 9.17) is 4.74 Å². The van der Waals surface area contributed by atoms with Crippen molar-refractivity contribution in [3.63, 3.8) is 0 Å². The molecule has 1 amide bonds. The lowest BCUT2D eigenvalue weighted by Crippen LogP contribution is -2.57. The number of ether oxygens (including phenoxy) is 1. The van der Waals surface area contributed by atoms with Crippen LogP contribution in [0.1, 0.15) is 12.8 Å². The van der Waals surface area contributed by atoms with E-state index in [1.54, 1.807) is 19.5 Å². The van der Waals surface area contributed by atoms with E-state index < -0.39 is 0 Å². The third kappa shape index (κ3) is 2.78. The highest BCUT2D eigenvalue weighted by Crippen LogP contribution is 2.29. The van der Waals surface area contributed by atoms with Gasteiger partial charge in [-0.15, -0.1) is 0 Å². The molecular formula is C18H22N4O2. The number of benzene rings is 1. The second-order valence-electron chi connectivity index (χ2n) is 6.57. The number of aromatic nitrogens is 2. The minimum absolute atomic E-state index is 0.158. The summed E-state index contributed by atoms with van der Waals surface area (Å²) < 4.78 is 6.77. The number of rotatable bonds is 3. The molecular weight excluding hydrogens is 304 g/mol. The van der Waals surface area contributed by atoms with E-state index in [9.17, 15) is 4.79 Å². The molecule has 6 heteroatoms. The van der Waals surface area contributed by atoms with Crippen LogP contribution in [0.3, 0.4) is 0 Å². The zero-order chi connectivity index (χ0) is 16.5. The number of nitrogens with zero attached hydrogens (tertiary/aromatic N) is 3. The van der Waals surface area contributed by atoms with Crippen LogP contribution < -0.4 is 10.1 Å². The molecule has 2 bridgehead atoms. The van der Waals surface area contributed by atoms with Crippen LogP contribution >= 0.6 is 0 Å². The third-order valence-electron chi connectivity index (χ3n) is 5.17. The Morgan fingerprint density at radius 2 is 2.08 bits per heavy atom. The van der Waals surface area contributed by atoms with Crippen molar-refractivity contribution in [2.75, 3.05) is 26.7 Å². The normalized spacial score (nSPS) is 25.5. The number of carbonyl (C=O) groups is 1. The maximum Gasteiger partial charge on any atom is 0.342 e. The second-order valence-corrected chi connectivity index (χ2v) is 6.57. The Kier molecular flexibility index (Phi) is 3.98. The summed E-state index contributed by atoms with van der Waals surface area (Å²) in [6.07, 6.45) is 5.82. The Morgan fingerprint density at radius 1 is 1.29 bits per heavy atom. The molecule has 1 aromatic carbocycles. The zero-order valence-electron chi connectivity index (χ0n) is 13.8. The lowest BCUT2D eigenvalue weighted by Gasteiger charge is -2.44. The first-order valence-corrected chi connectivity index (χ1v) is 8.46. The van der Waals surface area contributed by atoms with Crippen molar-refractivity contribution in [2.24, 2.45) is 5.92 Å². The summed E-state index contributed by atoms with van der Waals surface area (Å²) in [5.74, 6) is 1.37. The van der Waals surface area contributed by atoms with Crippen molar-refractivity contribution >= 4 is 6.03 Å². The lowest BCUT2D eigenvalue weighted by atomic mass is 9.84. The van der Waals surface area contributed by atoms with Gasteiger partial charge in [-0.1, -0.05) is 18.2 Å². The fourth-order valence-electron chi connectivity index (χ4n) is 3.81. The molecule has 5 rings (SSSR count). The molecule has 0 aliphatic carbocycles. The quantitative estimate of drug-likeness (QED) is 0.939. The molecule has 3 aliphatic heterocycles. The summed E-state index contributed by atoms with van der Waals surface area (Å²) in [4.78, 5) is 15.0. The summed E-state index contributed by atoms with van der Waals surface area (Å²) in [6, 6.07) is 7.81. The molecule has 6 nitrogen and oxygen atoms in total. The number of hydrogen-bond donors (Lipinski definition) is 1. The van der Waals surface area contributed by atoms with Gasteiger partial charge in [-0.25, -0.2) is 4.79 Å². The summed E-state index contributed by atoms with van der Waals surface area (Å²) >= 11 is 0. The van der Waals surface area contributed by atoms with Crippen molar-refractivity contribution in [1.82, 2.24) is 20.0 Å². The van der Waals surface area contributed by atoms with Crippen LogP contribution in [0.15, 0.2) is 36.7 Å². The van der Waals surface area contributed by atoms with Crippen LogP contribution in [0.2, 0.25) is 0 Å². The van der Waals surface area contributed by atoms with Gasteiger partial charge < -0.3 is 15.0 Å². The molecule has 0 radical (unpaired) electrons. The molecule has 1 N–H and O–H groups in total. The van der Waals surface area contributed by atoms with Gasteiger partial charge in [0.05, 0.1) is 13.3 Å². The minimum Gasteiger partial charge on any atom is -0.496 e. The van der Waals surface area contributed by atoms with Crippen LogP contribution in [-0.2, 0) is 0 Å². The molecule has 3 aliphatic rings. The summed E-state index contributed by atoms with van der Waals surface area (Å²) in [7, 11) is 1.64. The highest BCUT2D eigenvalue weighted by atomic mass is 16.5. The maximum atomic E-state index is 12.5. The van der Waals surface area contributed by atoms with Crippen molar-refractivity contribution in [2.45, 2.75) is 18.9 Å². The number of carbonyl (C=O) groups excluding carboxylic acids is 1. The van der Waals surface area contributed by atoms with E-state index in [2.05, 4.69) is 15.3 Å². The number of hydrogen-bond acceptors (Lipinski definition) is 4. The van der Waals surface area contributed by atoms with Crippen molar-refractivity contribution in [3.8, 4) is 16.9 Å². The van der Waals surface area contributed by atoms with E-state index in [1.807, 2.05) is 24.3 Å². The van der Waals surface area contributed by atoms with Gasteiger partial charge in [-0.3, -0.25) is 0 Å². The van der Waals surface area contributed by atoms with Crippen LogP contribution in [0, 0.1) is 5.92 Å². The smallest absolute Gasteiger partial charge is 0.342 e. The topological polar surface area (TPSA) is 59.4 Å². The molecule has 0 saturated carbocycles. The van der Waals surface area contributed by atoms with E-state index >= 15 is 0 Å². The van der Waals surface area contributed by atoms with Crippen molar-refractivity contribution < 1.29 is 9.53 Å². The van der Waals surface area contributed by atoms with Gasteiger partial charge >= 0.3 is 6.03 Å². The van der Waals surface area contributed by atoms with E-state index in [1.165, 1.54) is 17.5 Å². The predicted octanol–water partition coefficient (Wildman–Crippen LogP) is 2.21. The second kappa shape index (κ2) is 6.28. The molecule has 0 unspecified atom stereocenters. The molecule has 1 atom stereocenters. The Hall–Kier alpha value is -2.34.